The highest BCUT2D eigenvalue weighted by atomic mass is 16.2. The summed E-state index contributed by atoms with van der Waals surface area (Å²) in [4.78, 5) is 35.0. The maximum absolute atomic E-state index is 13.3. The van der Waals surface area contributed by atoms with Crippen LogP contribution in [-0.4, -0.2) is 57.3 Å². The van der Waals surface area contributed by atoms with Crippen LogP contribution in [0.2, 0.25) is 0 Å². The van der Waals surface area contributed by atoms with Crippen LogP contribution < -0.4 is 0 Å². The molecular weight excluding hydrogens is 448 g/mol. The smallest absolute Gasteiger partial charge is 0.254 e. The van der Waals surface area contributed by atoms with E-state index in [1.807, 2.05) is 108 Å². The third-order valence-electron chi connectivity index (χ3n) is 6.96. The van der Waals surface area contributed by atoms with Crippen LogP contribution in [-0.2, 0) is 0 Å². The number of rotatable bonds is 3. The lowest BCUT2D eigenvalue weighted by atomic mass is 10.0. The Balaban J connectivity index is 1.19. The molecule has 178 valence electrons. The van der Waals surface area contributed by atoms with Gasteiger partial charge in [0, 0.05) is 43.0 Å². The average Bonchev–Trinajstić information content (AvgIpc) is 3.27. The van der Waals surface area contributed by atoms with E-state index in [-0.39, 0.29) is 11.8 Å². The van der Waals surface area contributed by atoms with Gasteiger partial charge in [0.1, 0.15) is 5.82 Å². The minimum absolute atomic E-state index is 0.0160. The number of para-hydroxylation sites is 1. The van der Waals surface area contributed by atoms with Gasteiger partial charge < -0.3 is 9.80 Å². The number of hydrogen-bond acceptors (Lipinski definition) is 3. The molecule has 36 heavy (non-hydrogen) atoms. The predicted molar refractivity (Wildman–Crippen MR) is 142 cm³/mol. The lowest BCUT2D eigenvalue weighted by molar-refractivity contribution is 0.0536. The molecule has 0 spiro atoms. The van der Waals surface area contributed by atoms with E-state index in [4.69, 9.17) is 4.98 Å². The van der Waals surface area contributed by atoms with Crippen LogP contribution in [0.5, 0.6) is 0 Å². The normalized spacial score (nSPS) is 13.9. The molecule has 4 aromatic carbocycles. The van der Waals surface area contributed by atoms with Crippen molar-refractivity contribution < 1.29 is 9.59 Å². The first-order valence-electron chi connectivity index (χ1n) is 12.2. The number of aromatic nitrogens is 2. The van der Waals surface area contributed by atoms with E-state index in [1.165, 1.54) is 0 Å². The Morgan fingerprint density at radius 1 is 0.722 bits per heavy atom. The first-order valence-corrected chi connectivity index (χ1v) is 12.2. The second-order valence-electron chi connectivity index (χ2n) is 9.14. The third-order valence-corrected chi connectivity index (χ3v) is 6.96. The van der Waals surface area contributed by atoms with Gasteiger partial charge in [-0.15, -0.1) is 0 Å². The number of nitrogens with zero attached hydrogens (tertiary/aromatic N) is 4. The quantitative estimate of drug-likeness (QED) is 0.366. The molecule has 2 amide bonds. The monoisotopic (exact) mass is 474 g/mol. The van der Waals surface area contributed by atoms with E-state index in [2.05, 4.69) is 4.57 Å². The van der Waals surface area contributed by atoms with Gasteiger partial charge >= 0.3 is 0 Å². The van der Waals surface area contributed by atoms with Crippen molar-refractivity contribution in [3.05, 3.63) is 108 Å². The molecule has 0 radical (unpaired) electrons. The lowest BCUT2D eigenvalue weighted by Gasteiger charge is -2.35. The fourth-order valence-corrected chi connectivity index (χ4v) is 5.11. The maximum atomic E-state index is 13.3. The number of hydrogen-bond donors (Lipinski definition) is 0. The van der Waals surface area contributed by atoms with Crippen molar-refractivity contribution in [3.63, 3.8) is 0 Å². The van der Waals surface area contributed by atoms with Crippen molar-refractivity contribution in [2.24, 2.45) is 0 Å². The first-order chi connectivity index (χ1) is 17.6. The Morgan fingerprint density at radius 3 is 2.17 bits per heavy atom. The van der Waals surface area contributed by atoms with Gasteiger partial charge in [0.2, 0.25) is 0 Å². The summed E-state index contributed by atoms with van der Waals surface area (Å²) >= 11 is 0. The molecule has 6 heteroatoms. The number of amides is 2. The van der Waals surface area contributed by atoms with Gasteiger partial charge in [-0.25, -0.2) is 4.98 Å². The van der Waals surface area contributed by atoms with Gasteiger partial charge in [0.05, 0.1) is 11.0 Å². The van der Waals surface area contributed by atoms with Crippen LogP contribution in [0.1, 0.15) is 26.5 Å². The molecule has 1 aliphatic rings. The molecule has 6 nitrogen and oxygen atoms in total. The van der Waals surface area contributed by atoms with E-state index in [0.29, 0.717) is 37.3 Å². The van der Waals surface area contributed by atoms with Crippen LogP contribution in [0.3, 0.4) is 0 Å². The Bertz CT molecular complexity index is 1590. The molecule has 0 bridgehead atoms. The molecule has 5 aromatic rings. The van der Waals surface area contributed by atoms with Crippen molar-refractivity contribution in [2.45, 2.75) is 6.92 Å². The number of fused-ring (bicyclic) bond motifs is 2. The zero-order chi connectivity index (χ0) is 24.6. The van der Waals surface area contributed by atoms with Gasteiger partial charge in [-0.3, -0.25) is 14.2 Å². The summed E-state index contributed by atoms with van der Waals surface area (Å²) < 4.78 is 2.10. The molecule has 1 aliphatic heterocycles. The maximum Gasteiger partial charge on any atom is 0.254 e. The molecule has 2 heterocycles. The molecule has 0 unspecified atom stereocenters. The van der Waals surface area contributed by atoms with Crippen LogP contribution >= 0.6 is 0 Å². The molecular formula is C30H26N4O2. The second-order valence-corrected chi connectivity index (χ2v) is 9.14. The van der Waals surface area contributed by atoms with Crippen LogP contribution in [0, 0.1) is 6.92 Å². The summed E-state index contributed by atoms with van der Waals surface area (Å²) in [5, 5.41) is 2.01. The van der Waals surface area contributed by atoms with E-state index in [1.54, 1.807) is 0 Å². The molecule has 0 atom stereocenters. The van der Waals surface area contributed by atoms with E-state index >= 15 is 0 Å². The summed E-state index contributed by atoms with van der Waals surface area (Å²) in [6.45, 7) is 4.01. The minimum atomic E-state index is -0.0268. The minimum Gasteiger partial charge on any atom is -0.335 e. The lowest BCUT2D eigenvalue weighted by Crippen LogP contribution is -2.50. The molecule has 0 N–H and O–H groups in total. The molecule has 1 saturated heterocycles. The van der Waals surface area contributed by atoms with Crippen molar-refractivity contribution in [3.8, 4) is 5.69 Å². The van der Waals surface area contributed by atoms with E-state index < -0.39 is 0 Å². The zero-order valence-corrected chi connectivity index (χ0v) is 20.1. The predicted octanol–water partition coefficient (Wildman–Crippen LogP) is 5.09. The molecule has 1 aromatic heterocycles. The Labute approximate surface area is 209 Å². The highest BCUT2D eigenvalue weighted by Crippen LogP contribution is 2.24. The SMILES string of the molecule is Cc1nc2cc(C(=O)N3CCN(C(=O)c4cccc5ccccc45)CC3)ccc2n1-c1ccccc1. The van der Waals surface area contributed by atoms with E-state index in [9.17, 15) is 9.59 Å². The summed E-state index contributed by atoms with van der Waals surface area (Å²) in [7, 11) is 0. The summed E-state index contributed by atoms with van der Waals surface area (Å²) in [5.74, 6) is 0.865. The van der Waals surface area contributed by atoms with Crippen LogP contribution in [0.4, 0.5) is 0 Å². The fraction of sp³-hybridized carbons (Fsp3) is 0.167. The Kier molecular flexibility index (Phi) is 5.49. The van der Waals surface area contributed by atoms with Crippen LogP contribution in [0.15, 0.2) is 91.0 Å². The Morgan fingerprint density at radius 2 is 1.39 bits per heavy atom. The fourth-order valence-electron chi connectivity index (χ4n) is 5.11. The van der Waals surface area contributed by atoms with Gasteiger partial charge in [0.15, 0.2) is 0 Å². The van der Waals surface area contributed by atoms with Gasteiger partial charge in [-0.1, -0.05) is 54.6 Å². The highest BCUT2D eigenvalue weighted by Gasteiger charge is 2.26. The van der Waals surface area contributed by atoms with Crippen molar-refractivity contribution in [1.82, 2.24) is 19.4 Å². The standard InChI is InChI=1S/C30H26N4O2/c1-21-31-27-20-23(14-15-28(27)34(21)24-10-3-2-4-11-24)29(35)32-16-18-33(19-17-32)30(36)26-13-7-9-22-8-5-6-12-25(22)26/h2-15,20H,16-19H2,1H3. The van der Waals surface area contributed by atoms with Gasteiger partial charge in [-0.05, 0) is 54.1 Å². The third kappa shape index (κ3) is 3.81. The number of benzene rings is 4. The zero-order valence-electron chi connectivity index (χ0n) is 20.1. The molecule has 1 fully saturated rings. The number of carbonyl (C=O) groups is 2. The molecule has 0 saturated carbocycles. The molecule has 0 aliphatic carbocycles. The number of carbonyl (C=O) groups excluding carboxylic acids is 2. The topological polar surface area (TPSA) is 58.4 Å². The molecule has 6 rings (SSSR count). The van der Waals surface area contributed by atoms with Gasteiger partial charge in [0.25, 0.3) is 11.8 Å². The van der Waals surface area contributed by atoms with Gasteiger partial charge in [-0.2, -0.15) is 0 Å². The summed E-state index contributed by atoms with van der Waals surface area (Å²) in [5.41, 5.74) is 4.15. The van der Waals surface area contributed by atoms with Crippen molar-refractivity contribution in [2.75, 3.05) is 26.2 Å². The number of imidazole rings is 1. The number of piperazine rings is 1. The van der Waals surface area contributed by atoms with Crippen molar-refractivity contribution in [1.29, 1.82) is 0 Å². The number of aryl methyl sites for hydroxylation is 1. The van der Waals surface area contributed by atoms with Crippen LogP contribution in [0.25, 0.3) is 27.5 Å². The second kappa shape index (κ2) is 8.96. The Hall–Kier alpha value is -4.45. The largest absolute Gasteiger partial charge is 0.335 e. The first kappa shape index (κ1) is 22.0. The summed E-state index contributed by atoms with van der Waals surface area (Å²) in [6, 6.07) is 29.6. The van der Waals surface area contributed by atoms with Crippen molar-refractivity contribution >= 4 is 33.6 Å². The summed E-state index contributed by atoms with van der Waals surface area (Å²) in [6.07, 6.45) is 0. The average molecular weight is 475 g/mol. The van der Waals surface area contributed by atoms with E-state index in [0.717, 1.165) is 33.3 Å². The highest BCUT2D eigenvalue weighted by molar-refractivity contribution is 6.07.